The average molecular weight is 475 g/mol. The number of nitrogens with one attached hydrogen (secondary N) is 2. The molecule has 0 unspecified atom stereocenters. The molecule has 1 amide bonds. The molecule has 0 aliphatic carbocycles. The van der Waals surface area contributed by atoms with Gasteiger partial charge in [0.1, 0.15) is 0 Å². The summed E-state index contributed by atoms with van der Waals surface area (Å²) in [6.07, 6.45) is 1.67. The van der Waals surface area contributed by atoms with Crippen molar-refractivity contribution < 1.29 is 14.3 Å². The van der Waals surface area contributed by atoms with Gasteiger partial charge in [-0.2, -0.15) is 0 Å². The van der Waals surface area contributed by atoms with Gasteiger partial charge in [0.25, 0.3) is 11.5 Å². The quantitative estimate of drug-likeness (QED) is 0.386. The van der Waals surface area contributed by atoms with E-state index in [9.17, 15) is 14.4 Å². The van der Waals surface area contributed by atoms with Gasteiger partial charge in [0.15, 0.2) is 11.5 Å². The zero-order chi connectivity index (χ0) is 24.8. The molecule has 0 aliphatic heterocycles. The minimum absolute atomic E-state index is 0.0527. The van der Waals surface area contributed by atoms with E-state index in [-0.39, 0.29) is 12.5 Å². The maximum absolute atomic E-state index is 13.2. The lowest BCUT2D eigenvalue weighted by Crippen LogP contribution is -2.35. The zero-order valence-corrected chi connectivity index (χ0v) is 19.5. The molecule has 35 heavy (non-hydrogen) atoms. The maximum Gasteiger partial charge on any atom is 0.329 e. The number of amides is 1. The molecule has 9 nitrogen and oxygen atoms in total. The summed E-state index contributed by atoms with van der Waals surface area (Å²) in [7, 11) is 0. The molecule has 4 aromatic rings. The van der Waals surface area contributed by atoms with Crippen LogP contribution in [0, 0.1) is 0 Å². The van der Waals surface area contributed by atoms with Crippen molar-refractivity contribution in [3.05, 3.63) is 98.5 Å². The number of aromatic nitrogens is 3. The minimum atomic E-state index is -0.536. The summed E-state index contributed by atoms with van der Waals surface area (Å²) >= 11 is 0. The van der Waals surface area contributed by atoms with Crippen molar-refractivity contribution in [1.82, 2.24) is 19.9 Å². The maximum atomic E-state index is 13.2. The van der Waals surface area contributed by atoms with Gasteiger partial charge in [0.2, 0.25) is 0 Å². The number of pyridine rings is 1. The predicted octanol–water partition coefficient (Wildman–Crippen LogP) is 2.86. The SMILES string of the molecule is CCOc1cc2[nH]c(=O)n(Cc3ccc(C(=O)NCc4ccccn4)cc3)c(=O)c2cc1OCC. The van der Waals surface area contributed by atoms with Gasteiger partial charge in [-0.25, -0.2) is 4.79 Å². The van der Waals surface area contributed by atoms with Crippen LogP contribution in [0.25, 0.3) is 10.9 Å². The number of nitrogens with zero attached hydrogens (tertiary/aromatic N) is 2. The molecule has 9 heteroatoms. The lowest BCUT2D eigenvalue weighted by molar-refractivity contribution is 0.0950. The first-order valence-corrected chi connectivity index (χ1v) is 11.3. The second kappa shape index (κ2) is 10.7. The van der Waals surface area contributed by atoms with E-state index >= 15 is 0 Å². The summed E-state index contributed by atoms with van der Waals surface area (Å²) in [5, 5.41) is 3.14. The first-order valence-electron chi connectivity index (χ1n) is 11.3. The minimum Gasteiger partial charge on any atom is -0.490 e. The van der Waals surface area contributed by atoms with E-state index in [1.54, 1.807) is 42.6 Å². The molecule has 180 valence electrons. The molecule has 4 rings (SSSR count). The summed E-state index contributed by atoms with van der Waals surface area (Å²) in [4.78, 5) is 45.2. The number of ether oxygens (including phenoxy) is 2. The fourth-order valence-corrected chi connectivity index (χ4v) is 3.66. The van der Waals surface area contributed by atoms with Crippen LogP contribution in [0.5, 0.6) is 11.5 Å². The number of hydrogen-bond donors (Lipinski definition) is 2. The van der Waals surface area contributed by atoms with Crippen molar-refractivity contribution >= 4 is 16.8 Å². The molecule has 0 saturated carbocycles. The summed E-state index contributed by atoms with van der Waals surface area (Å²) < 4.78 is 12.3. The number of carbonyl (C=O) groups excluding carboxylic acids is 1. The first kappa shape index (κ1) is 23.7. The predicted molar refractivity (Wildman–Crippen MR) is 132 cm³/mol. The lowest BCUT2D eigenvalue weighted by Gasteiger charge is -2.13. The Bertz CT molecular complexity index is 1440. The summed E-state index contributed by atoms with van der Waals surface area (Å²) in [5.74, 6) is 0.668. The number of aromatic amines is 1. The van der Waals surface area contributed by atoms with Crippen LogP contribution in [0.2, 0.25) is 0 Å². The molecule has 2 heterocycles. The molecule has 0 aliphatic rings. The third kappa shape index (κ3) is 5.40. The van der Waals surface area contributed by atoms with Crippen LogP contribution in [0.1, 0.15) is 35.5 Å². The van der Waals surface area contributed by atoms with E-state index in [1.807, 2.05) is 32.0 Å². The van der Waals surface area contributed by atoms with Crippen LogP contribution in [-0.4, -0.2) is 33.7 Å². The molecule has 0 bridgehead atoms. The van der Waals surface area contributed by atoms with Gasteiger partial charge in [-0.15, -0.1) is 0 Å². The number of fused-ring (bicyclic) bond motifs is 1. The highest BCUT2D eigenvalue weighted by atomic mass is 16.5. The molecule has 0 spiro atoms. The Labute approximate surface area is 201 Å². The first-order chi connectivity index (χ1) is 17.0. The molecule has 2 aromatic heterocycles. The van der Waals surface area contributed by atoms with Gasteiger partial charge in [-0.3, -0.25) is 19.1 Å². The molecular formula is C26H26N4O5. The number of H-pyrrole nitrogens is 1. The largest absolute Gasteiger partial charge is 0.490 e. The lowest BCUT2D eigenvalue weighted by atomic mass is 10.1. The number of rotatable bonds is 9. The molecule has 0 saturated heterocycles. The smallest absolute Gasteiger partial charge is 0.329 e. The number of hydrogen-bond acceptors (Lipinski definition) is 6. The standard InChI is InChI=1S/C26H26N4O5/c1-3-34-22-13-20-21(14-23(22)35-4-2)29-26(33)30(25(20)32)16-17-8-10-18(11-9-17)24(31)28-15-19-7-5-6-12-27-19/h5-14H,3-4,15-16H2,1-2H3,(H,28,31)(H,29,33). The van der Waals surface area contributed by atoms with Crippen molar-refractivity contribution in [2.45, 2.75) is 26.9 Å². The average Bonchev–Trinajstić information content (AvgIpc) is 2.87. The fourth-order valence-electron chi connectivity index (χ4n) is 3.66. The van der Waals surface area contributed by atoms with Crippen molar-refractivity contribution in [3.63, 3.8) is 0 Å². The fraction of sp³-hybridized carbons (Fsp3) is 0.231. The molecule has 2 aromatic carbocycles. The Hall–Kier alpha value is -4.40. The van der Waals surface area contributed by atoms with E-state index in [1.165, 1.54) is 0 Å². The monoisotopic (exact) mass is 474 g/mol. The van der Waals surface area contributed by atoms with Crippen LogP contribution in [-0.2, 0) is 13.1 Å². The van der Waals surface area contributed by atoms with E-state index in [2.05, 4.69) is 15.3 Å². The zero-order valence-electron chi connectivity index (χ0n) is 19.5. The van der Waals surface area contributed by atoms with Crippen molar-refractivity contribution in [3.8, 4) is 11.5 Å². The third-order valence-corrected chi connectivity index (χ3v) is 5.36. The van der Waals surface area contributed by atoms with Crippen LogP contribution in [0.15, 0.2) is 70.4 Å². The van der Waals surface area contributed by atoms with Gasteiger partial charge in [0.05, 0.1) is 42.9 Å². The summed E-state index contributed by atoms with van der Waals surface area (Å²) in [5.41, 5.74) is 1.33. The molecule has 0 radical (unpaired) electrons. The van der Waals surface area contributed by atoms with Gasteiger partial charge in [0, 0.05) is 17.8 Å². The normalized spacial score (nSPS) is 10.8. The summed E-state index contributed by atoms with van der Waals surface area (Å²) in [6.45, 7) is 4.88. The van der Waals surface area contributed by atoms with Crippen LogP contribution in [0.3, 0.4) is 0 Å². The Morgan fingerprint density at radius 1 is 1.00 bits per heavy atom. The third-order valence-electron chi connectivity index (χ3n) is 5.36. The number of benzene rings is 2. The molecule has 2 N–H and O–H groups in total. The number of carbonyl (C=O) groups is 1. The van der Waals surface area contributed by atoms with Crippen LogP contribution in [0.4, 0.5) is 0 Å². The van der Waals surface area contributed by atoms with Crippen molar-refractivity contribution in [1.29, 1.82) is 0 Å². The Balaban J connectivity index is 1.55. The molecule has 0 atom stereocenters. The highest BCUT2D eigenvalue weighted by Crippen LogP contribution is 2.30. The van der Waals surface area contributed by atoms with Crippen molar-refractivity contribution in [2.24, 2.45) is 0 Å². The molecular weight excluding hydrogens is 448 g/mol. The Morgan fingerprint density at radius 2 is 1.71 bits per heavy atom. The highest BCUT2D eigenvalue weighted by Gasteiger charge is 2.14. The van der Waals surface area contributed by atoms with Gasteiger partial charge in [-0.05, 0) is 49.7 Å². The van der Waals surface area contributed by atoms with Crippen LogP contribution >= 0.6 is 0 Å². The van der Waals surface area contributed by atoms with Gasteiger partial charge < -0.3 is 19.8 Å². The van der Waals surface area contributed by atoms with Crippen molar-refractivity contribution in [2.75, 3.05) is 13.2 Å². The Morgan fingerprint density at radius 3 is 2.37 bits per heavy atom. The van der Waals surface area contributed by atoms with Crippen LogP contribution < -0.4 is 26.0 Å². The van der Waals surface area contributed by atoms with Gasteiger partial charge >= 0.3 is 5.69 Å². The van der Waals surface area contributed by atoms with E-state index in [0.29, 0.717) is 53.3 Å². The second-order valence-electron chi connectivity index (χ2n) is 7.73. The summed E-state index contributed by atoms with van der Waals surface area (Å²) in [6, 6.07) is 15.4. The highest BCUT2D eigenvalue weighted by molar-refractivity contribution is 5.94. The van der Waals surface area contributed by atoms with E-state index in [4.69, 9.17) is 9.47 Å². The van der Waals surface area contributed by atoms with Gasteiger partial charge in [-0.1, -0.05) is 18.2 Å². The topological polar surface area (TPSA) is 115 Å². The van der Waals surface area contributed by atoms with E-state index < -0.39 is 11.2 Å². The second-order valence-corrected chi connectivity index (χ2v) is 7.73. The Kier molecular flexibility index (Phi) is 7.25. The van der Waals surface area contributed by atoms with E-state index in [0.717, 1.165) is 10.3 Å². The molecule has 0 fully saturated rings.